The van der Waals surface area contributed by atoms with Gasteiger partial charge in [0.15, 0.2) is 0 Å². The van der Waals surface area contributed by atoms with Crippen molar-refractivity contribution in [1.82, 2.24) is 24.5 Å². The molecule has 2 N–H and O–H groups in total. The van der Waals surface area contributed by atoms with Gasteiger partial charge >= 0.3 is 12.1 Å². The number of urea groups is 1. The number of fused-ring (bicyclic) bond motifs is 1. The summed E-state index contributed by atoms with van der Waals surface area (Å²) in [5.74, 6) is 0.0761. The third-order valence-electron chi connectivity index (χ3n) is 10.5. The molecule has 2 aromatic rings. The number of ether oxygens (including phenoxy) is 1. The van der Waals surface area contributed by atoms with E-state index >= 15 is 0 Å². The Morgan fingerprint density at radius 3 is 2.38 bits per heavy atom. The van der Waals surface area contributed by atoms with Crippen molar-refractivity contribution < 1.29 is 24.2 Å². The zero-order chi connectivity index (χ0) is 33.1. The number of nitrogens with one attached hydrogen (secondary N) is 1. The lowest BCUT2D eigenvalue weighted by Crippen LogP contribution is -2.71. The summed E-state index contributed by atoms with van der Waals surface area (Å²) in [5, 5.41) is 13.2. The van der Waals surface area contributed by atoms with Crippen LogP contribution in [0.25, 0.3) is 0 Å². The molecule has 47 heavy (non-hydrogen) atoms. The highest BCUT2D eigenvalue weighted by atomic mass is 79.9. The van der Waals surface area contributed by atoms with Crippen LogP contribution in [0.2, 0.25) is 0 Å². The van der Waals surface area contributed by atoms with Gasteiger partial charge in [0.2, 0.25) is 0 Å². The number of para-hydroxylation sites is 1. The molecule has 0 saturated carbocycles. The Bertz CT molecular complexity index is 1440. The predicted octanol–water partition coefficient (Wildman–Crippen LogP) is 5.11. The smallest absolute Gasteiger partial charge is 0.411 e. The topological polar surface area (TPSA) is 109 Å². The van der Waals surface area contributed by atoms with Crippen LogP contribution in [-0.2, 0) is 22.6 Å². The molecular formula is C34H44Br2N6O5. The molecule has 0 aromatic heterocycles. The second-order valence-corrected chi connectivity index (χ2v) is 14.9. The third kappa shape index (κ3) is 7.34. The van der Waals surface area contributed by atoms with E-state index in [-0.39, 0.29) is 30.9 Å². The lowest BCUT2D eigenvalue weighted by Gasteiger charge is -2.57. The van der Waals surface area contributed by atoms with Gasteiger partial charge in [0.1, 0.15) is 24.3 Å². The van der Waals surface area contributed by atoms with Gasteiger partial charge in [-0.25, -0.2) is 9.59 Å². The van der Waals surface area contributed by atoms with Crippen LogP contribution in [0, 0.1) is 0 Å². The first-order valence-corrected chi connectivity index (χ1v) is 18.1. The first-order chi connectivity index (χ1) is 22.7. The van der Waals surface area contributed by atoms with Crippen LogP contribution in [0.1, 0.15) is 43.2 Å². The number of phenolic OH excluding ortho intramolecular Hbond substituents is 1. The molecule has 3 fully saturated rings. The van der Waals surface area contributed by atoms with E-state index in [2.05, 4.69) is 58.9 Å². The molecule has 3 amide bonds. The molecule has 0 bridgehead atoms. The van der Waals surface area contributed by atoms with Crippen LogP contribution >= 0.6 is 31.9 Å². The minimum Gasteiger partial charge on any atom is -0.506 e. The number of piperazine rings is 1. The fourth-order valence-corrected chi connectivity index (χ4v) is 9.17. The van der Waals surface area contributed by atoms with Gasteiger partial charge in [0.25, 0.3) is 0 Å². The normalized spacial score (nSPS) is 25.2. The molecule has 0 radical (unpaired) electrons. The zero-order valence-electron chi connectivity index (χ0n) is 26.9. The SMILES string of the molecule is CN1CCC(N2CCN([C@]3(CC=O)C[C@H](N4CCc5ccccc5NC4=O)CCN3C(=O)OCc3cc(Br)c(O)c(Br)c3)CC2)CC1. The van der Waals surface area contributed by atoms with Gasteiger partial charge in [0, 0.05) is 69.9 Å². The highest BCUT2D eigenvalue weighted by Gasteiger charge is 2.52. The molecule has 2 atom stereocenters. The summed E-state index contributed by atoms with van der Waals surface area (Å²) in [6.07, 6.45) is 4.60. The number of likely N-dealkylation sites (tertiary alicyclic amines) is 2. The second kappa shape index (κ2) is 14.8. The Hall–Kier alpha value is -2.71. The molecule has 6 rings (SSSR count). The second-order valence-electron chi connectivity index (χ2n) is 13.2. The molecule has 11 nitrogen and oxygen atoms in total. The van der Waals surface area contributed by atoms with E-state index in [1.165, 1.54) is 0 Å². The number of aldehydes is 1. The number of carbonyl (C=O) groups is 3. The highest BCUT2D eigenvalue weighted by molar-refractivity contribution is 9.11. The van der Waals surface area contributed by atoms with E-state index in [0.29, 0.717) is 59.6 Å². The van der Waals surface area contributed by atoms with Crippen molar-refractivity contribution in [3.63, 3.8) is 0 Å². The van der Waals surface area contributed by atoms with Crippen molar-refractivity contribution in [1.29, 1.82) is 0 Å². The van der Waals surface area contributed by atoms with Gasteiger partial charge in [-0.05, 0) is 107 Å². The van der Waals surface area contributed by atoms with Crippen molar-refractivity contribution in [3.8, 4) is 5.75 Å². The highest BCUT2D eigenvalue weighted by Crippen LogP contribution is 2.39. The van der Waals surface area contributed by atoms with E-state index in [4.69, 9.17) is 4.74 Å². The maximum Gasteiger partial charge on any atom is 0.411 e. The molecule has 254 valence electrons. The summed E-state index contributed by atoms with van der Waals surface area (Å²) in [6.45, 7) is 6.25. The number of hydrogen-bond donors (Lipinski definition) is 2. The lowest BCUT2D eigenvalue weighted by atomic mass is 9.85. The molecular weight excluding hydrogens is 732 g/mol. The van der Waals surface area contributed by atoms with Gasteiger partial charge in [0.05, 0.1) is 8.95 Å². The van der Waals surface area contributed by atoms with Crippen LogP contribution in [0.4, 0.5) is 15.3 Å². The Morgan fingerprint density at radius 1 is 1.00 bits per heavy atom. The average molecular weight is 777 g/mol. The van der Waals surface area contributed by atoms with Gasteiger partial charge in [-0.1, -0.05) is 18.2 Å². The number of phenols is 1. The monoisotopic (exact) mass is 774 g/mol. The number of aromatic hydroxyl groups is 1. The molecule has 3 saturated heterocycles. The molecule has 4 heterocycles. The van der Waals surface area contributed by atoms with Crippen LogP contribution in [0.15, 0.2) is 45.3 Å². The number of nitrogens with zero attached hydrogens (tertiary/aromatic N) is 5. The van der Waals surface area contributed by atoms with Crippen LogP contribution in [0.5, 0.6) is 5.75 Å². The first-order valence-electron chi connectivity index (χ1n) is 16.6. The largest absolute Gasteiger partial charge is 0.506 e. The summed E-state index contributed by atoms with van der Waals surface area (Å²) in [4.78, 5) is 51.1. The van der Waals surface area contributed by atoms with E-state index < -0.39 is 11.8 Å². The van der Waals surface area contributed by atoms with Crippen molar-refractivity contribution >= 4 is 56.0 Å². The zero-order valence-corrected chi connectivity index (χ0v) is 30.0. The predicted molar refractivity (Wildman–Crippen MR) is 186 cm³/mol. The summed E-state index contributed by atoms with van der Waals surface area (Å²) in [7, 11) is 2.17. The van der Waals surface area contributed by atoms with Gasteiger partial charge in [-0.3, -0.25) is 14.7 Å². The maximum absolute atomic E-state index is 14.0. The summed E-state index contributed by atoms with van der Waals surface area (Å²) in [5.41, 5.74) is 1.70. The molecule has 4 aliphatic rings. The maximum atomic E-state index is 14.0. The summed E-state index contributed by atoms with van der Waals surface area (Å²) < 4.78 is 6.90. The van der Waals surface area contributed by atoms with Gasteiger partial charge < -0.3 is 29.8 Å². The molecule has 13 heteroatoms. The Kier molecular flexibility index (Phi) is 10.8. The fraction of sp³-hybridized carbons (Fsp3) is 0.559. The van der Waals surface area contributed by atoms with E-state index in [1.54, 1.807) is 17.0 Å². The van der Waals surface area contributed by atoms with Crippen molar-refractivity contribution in [3.05, 3.63) is 56.5 Å². The number of anilines is 1. The number of halogens is 2. The average Bonchev–Trinajstić information content (AvgIpc) is 3.24. The van der Waals surface area contributed by atoms with Gasteiger partial charge in [-0.2, -0.15) is 0 Å². The molecule has 0 aliphatic carbocycles. The third-order valence-corrected chi connectivity index (χ3v) is 11.7. The van der Waals surface area contributed by atoms with Crippen molar-refractivity contribution in [2.75, 3.05) is 64.7 Å². The van der Waals surface area contributed by atoms with E-state index in [1.807, 2.05) is 29.2 Å². The Morgan fingerprint density at radius 2 is 1.68 bits per heavy atom. The van der Waals surface area contributed by atoms with Crippen LogP contribution in [-0.4, -0.2) is 125 Å². The Labute approximate surface area is 293 Å². The minimum atomic E-state index is -0.934. The van der Waals surface area contributed by atoms with Crippen LogP contribution in [0.3, 0.4) is 0 Å². The number of piperidine rings is 2. The van der Waals surface area contributed by atoms with Gasteiger partial charge in [-0.15, -0.1) is 0 Å². The Balaban J connectivity index is 1.24. The quantitative estimate of drug-likeness (QED) is 0.374. The number of benzene rings is 2. The number of rotatable bonds is 7. The molecule has 0 spiro atoms. The number of amides is 3. The van der Waals surface area contributed by atoms with Crippen molar-refractivity contribution in [2.24, 2.45) is 0 Å². The molecule has 2 aromatic carbocycles. The summed E-state index contributed by atoms with van der Waals surface area (Å²) in [6, 6.07) is 11.6. The summed E-state index contributed by atoms with van der Waals surface area (Å²) >= 11 is 6.70. The van der Waals surface area contributed by atoms with E-state index in [0.717, 1.165) is 63.0 Å². The lowest BCUT2D eigenvalue weighted by molar-refractivity contribution is -0.130. The fourth-order valence-electron chi connectivity index (χ4n) is 7.88. The first kappa shape index (κ1) is 34.2. The van der Waals surface area contributed by atoms with Crippen LogP contribution < -0.4 is 5.32 Å². The minimum absolute atomic E-state index is 0.00407. The number of hydrogen-bond acceptors (Lipinski definition) is 8. The molecule has 4 aliphatic heterocycles. The number of carbonyl (C=O) groups excluding carboxylic acids is 3. The molecule has 0 unspecified atom stereocenters. The van der Waals surface area contributed by atoms with Crippen molar-refractivity contribution in [2.45, 2.75) is 62.9 Å². The standard InChI is InChI=1S/C34H44Br2N6O5/c1-38-11-7-26(8-12-38)39-15-17-40(18-16-39)34(10-19-43)22-27(41-13-6-25-4-2-3-5-30(25)37-32(41)45)9-14-42(34)33(46)47-23-24-20-28(35)31(44)29(36)21-24/h2-5,19-21,26-27,44H,6-18,22-23H2,1H3,(H,37,45)/t27-,34+/m1/s1. The van der Waals surface area contributed by atoms with E-state index in [9.17, 15) is 19.5 Å².